The molecule has 12 heteroatoms. The fraction of sp³-hybridized carbons (Fsp3) is 0.111. The van der Waals surface area contributed by atoms with Crippen LogP contribution in [-0.2, 0) is 11.1 Å². The van der Waals surface area contributed by atoms with Crippen molar-refractivity contribution in [3.63, 3.8) is 0 Å². The Morgan fingerprint density at radius 1 is 1.17 bits per heavy atom. The molecule has 0 aliphatic carbocycles. The van der Waals surface area contributed by atoms with E-state index >= 15 is 0 Å². The van der Waals surface area contributed by atoms with E-state index in [0.29, 0.717) is 33.4 Å². The number of fused-ring (bicyclic) bond motifs is 5. The Hall–Kier alpha value is -3.27. The van der Waals surface area contributed by atoms with Crippen molar-refractivity contribution in [1.82, 2.24) is 14.5 Å². The summed E-state index contributed by atoms with van der Waals surface area (Å²) in [6.07, 6.45) is 1.42. The Morgan fingerprint density at radius 3 is 2.73 bits per heavy atom. The van der Waals surface area contributed by atoms with Gasteiger partial charge in [0.25, 0.3) is 0 Å². The number of ether oxygens (including phenoxy) is 2. The van der Waals surface area contributed by atoms with Crippen LogP contribution in [0.2, 0.25) is 0 Å². The Balaban J connectivity index is 1.71. The first-order valence-electron chi connectivity index (χ1n) is 8.58. The molecule has 5 rings (SSSR count). The van der Waals surface area contributed by atoms with Crippen LogP contribution in [0.4, 0.5) is 8.78 Å². The first kappa shape index (κ1) is 18.7. The maximum Gasteiger partial charge on any atom is 0.359 e. The number of aromatic amines is 1. The van der Waals surface area contributed by atoms with E-state index in [1.807, 2.05) is 0 Å². The van der Waals surface area contributed by atoms with Crippen molar-refractivity contribution < 1.29 is 32.6 Å². The summed E-state index contributed by atoms with van der Waals surface area (Å²) in [5.74, 6) is -2.17. The van der Waals surface area contributed by atoms with Gasteiger partial charge < -0.3 is 24.2 Å². The van der Waals surface area contributed by atoms with Gasteiger partial charge >= 0.3 is 13.3 Å². The van der Waals surface area contributed by atoms with Crippen LogP contribution in [0.15, 0.2) is 35.3 Å². The molecule has 0 spiro atoms. The van der Waals surface area contributed by atoms with Crippen LogP contribution >= 0.6 is 7.60 Å². The van der Waals surface area contributed by atoms with Crippen LogP contribution in [-0.4, -0.2) is 31.1 Å². The van der Waals surface area contributed by atoms with Crippen LogP contribution in [0.25, 0.3) is 21.9 Å². The highest BCUT2D eigenvalue weighted by Crippen LogP contribution is 2.40. The van der Waals surface area contributed by atoms with Gasteiger partial charge in [-0.15, -0.1) is 0 Å². The molecule has 0 radical (unpaired) electrons. The predicted molar refractivity (Wildman–Crippen MR) is 101 cm³/mol. The number of hydrogen-bond acceptors (Lipinski definition) is 5. The number of imidazole rings is 1. The van der Waals surface area contributed by atoms with Crippen molar-refractivity contribution in [1.29, 1.82) is 0 Å². The number of pyridine rings is 1. The summed E-state index contributed by atoms with van der Waals surface area (Å²) >= 11 is 0. The standard InChI is InChI=1S/C18H12F2N3O6P/c19-13-8(1-4-12(14(13)20)30(25,26)27)6-23-16-9-2-3-11-17(29-7-28-11)15(9)21-5-10(16)22-18(23)24/h1-5H,6-7H2,(H,22,24)(H2,25,26,27). The zero-order valence-corrected chi connectivity index (χ0v) is 15.8. The van der Waals surface area contributed by atoms with Crippen LogP contribution < -0.4 is 20.5 Å². The van der Waals surface area contributed by atoms with Gasteiger partial charge in [-0.2, -0.15) is 0 Å². The Labute approximate surface area is 165 Å². The topological polar surface area (TPSA) is 127 Å². The number of nitrogens with one attached hydrogen (secondary N) is 1. The smallest absolute Gasteiger partial charge is 0.359 e. The molecule has 4 aromatic rings. The number of hydrogen-bond donors (Lipinski definition) is 3. The highest BCUT2D eigenvalue weighted by molar-refractivity contribution is 7.60. The summed E-state index contributed by atoms with van der Waals surface area (Å²) in [7, 11) is -4.99. The third-order valence-corrected chi connectivity index (χ3v) is 5.86. The number of aromatic nitrogens is 3. The minimum atomic E-state index is -4.99. The van der Waals surface area contributed by atoms with Gasteiger partial charge in [0.1, 0.15) is 10.8 Å². The van der Waals surface area contributed by atoms with Crippen molar-refractivity contribution in [3.05, 3.63) is 58.1 Å². The van der Waals surface area contributed by atoms with E-state index in [0.717, 1.165) is 12.1 Å². The molecular weight excluding hydrogens is 423 g/mol. The third kappa shape index (κ3) is 2.71. The number of H-pyrrole nitrogens is 1. The summed E-state index contributed by atoms with van der Waals surface area (Å²) in [6, 6.07) is 5.18. The molecule has 30 heavy (non-hydrogen) atoms. The van der Waals surface area contributed by atoms with Crippen LogP contribution in [0.1, 0.15) is 5.56 Å². The molecule has 0 amide bonds. The van der Waals surface area contributed by atoms with E-state index in [1.54, 1.807) is 12.1 Å². The Morgan fingerprint density at radius 2 is 1.97 bits per heavy atom. The van der Waals surface area contributed by atoms with Gasteiger partial charge in [-0.3, -0.25) is 9.13 Å². The van der Waals surface area contributed by atoms with Gasteiger partial charge in [-0.25, -0.2) is 18.6 Å². The normalized spacial score (nSPS) is 13.5. The molecule has 2 aromatic carbocycles. The summed E-state index contributed by atoms with van der Waals surface area (Å²) < 4.78 is 52.0. The molecule has 9 nitrogen and oxygen atoms in total. The molecule has 3 heterocycles. The molecule has 0 fully saturated rings. The summed E-state index contributed by atoms with van der Waals surface area (Å²) in [4.78, 5) is 37.7. The van der Waals surface area contributed by atoms with E-state index in [1.165, 1.54) is 10.8 Å². The fourth-order valence-corrected chi connectivity index (χ4v) is 4.15. The number of halogens is 2. The van der Waals surface area contributed by atoms with E-state index in [4.69, 9.17) is 19.3 Å². The fourth-order valence-electron chi connectivity index (χ4n) is 3.53. The van der Waals surface area contributed by atoms with Crippen molar-refractivity contribution in [2.45, 2.75) is 6.54 Å². The largest absolute Gasteiger partial charge is 0.454 e. The van der Waals surface area contributed by atoms with Crippen LogP contribution in [0, 0.1) is 11.6 Å². The van der Waals surface area contributed by atoms with Gasteiger partial charge in [-0.1, -0.05) is 6.07 Å². The Kier molecular flexibility index (Phi) is 3.97. The van der Waals surface area contributed by atoms with Crippen molar-refractivity contribution >= 4 is 34.8 Å². The van der Waals surface area contributed by atoms with Gasteiger partial charge in [0, 0.05) is 10.9 Å². The second kappa shape index (κ2) is 6.36. The monoisotopic (exact) mass is 435 g/mol. The average Bonchev–Trinajstić information content (AvgIpc) is 3.28. The van der Waals surface area contributed by atoms with Gasteiger partial charge in [0.05, 0.1) is 23.8 Å². The third-order valence-electron chi connectivity index (χ3n) is 4.89. The molecule has 2 aromatic heterocycles. The molecule has 0 saturated heterocycles. The lowest BCUT2D eigenvalue weighted by Crippen LogP contribution is -2.20. The highest BCUT2D eigenvalue weighted by Gasteiger charge is 2.27. The number of benzene rings is 2. The molecule has 154 valence electrons. The van der Waals surface area contributed by atoms with Gasteiger partial charge in [0.15, 0.2) is 23.1 Å². The molecule has 0 atom stereocenters. The maximum absolute atomic E-state index is 14.5. The minimum absolute atomic E-state index is 0.0323. The van der Waals surface area contributed by atoms with E-state index in [2.05, 4.69) is 9.97 Å². The van der Waals surface area contributed by atoms with Crippen molar-refractivity contribution in [3.8, 4) is 11.5 Å². The van der Waals surface area contributed by atoms with E-state index in [9.17, 15) is 18.1 Å². The summed E-state index contributed by atoms with van der Waals surface area (Å²) in [5, 5.41) is -0.514. The molecule has 0 saturated carbocycles. The van der Waals surface area contributed by atoms with E-state index < -0.39 is 30.2 Å². The average molecular weight is 435 g/mol. The molecule has 0 bridgehead atoms. The lowest BCUT2D eigenvalue weighted by Gasteiger charge is -2.11. The first-order chi connectivity index (χ1) is 14.3. The van der Waals surface area contributed by atoms with Crippen LogP contribution in [0.5, 0.6) is 11.5 Å². The first-order valence-corrected chi connectivity index (χ1v) is 10.2. The van der Waals surface area contributed by atoms with E-state index in [-0.39, 0.29) is 18.9 Å². The quantitative estimate of drug-likeness (QED) is 0.419. The lowest BCUT2D eigenvalue weighted by atomic mass is 10.1. The van der Waals surface area contributed by atoms with Gasteiger partial charge in [0.2, 0.25) is 6.79 Å². The lowest BCUT2D eigenvalue weighted by molar-refractivity contribution is 0.174. The second-order valence-corrected chi connectivity index (χ2v) is 8.22. The molecule has 1 aliphatic heterocycles. The number of rotatable bonds is 3. The molecule has 3 N–H and O–H groups in total. The SMILES string of the molecule is O=c1[nH]c2cnc3c4c(ccc3c2n1Cc1ccc(P(=O)(O)O)c(F)c1F)OCO4. The van der Waals surface area contributed by atoms with Crippen molar-refractivity contribution in [2.24, 2.45) is 0 Å². The predicted octanol–water partition coefficient (Wildman–Crippen LogP) is 1.74. The molecular formula is C18H12F2N3O6P. The number of nitrogens with zero attached hydrogens (tertiary/aromatic N) is 2. The van der Waals surface area contributed by atoms with Gasteiger partial charge in [-0.05, 0) is 18.2 Å². The minimum Gasteiger partial charge on any atom is -0.454 e. The zero-order valence-electron chi connectivity index (χ0n) is 14.9. The maximum atomic E-state index is 14.5. The zero-order chi connectivity index (χ0) is 21.2. The highest BCUT2D eigenvalue weighted by atomic mass is 31.2. The van der Waals surface area contributed by atoms with Crippen LogP contribution in [0.3, 0.4) is 0 Å². The summed E-state index contributed by atoms with van der Waals surface area (Å²) in [5.41, 5.74) is 0.365. The molecule has 1 aliphatic rings. The second-order valence-electron chi connectivity index (χ2n) is 6.65. The van der Waals surface area contributed by atoms with Crippen molar-refractivity contribution in [2.75, 3.05) is 6.79 Å². The summed E-state index contributed by atoms with van der Waals surface area (Å²) in [6.45, 7) is -0.346. The molecule has 0 unspecified atom stereocenters. The Bertz CT molecular complexity index is 1460.